The van der Waals surface area contributed by atoms with Crippen molar-refractivity contribution in [2.24, 2.45) is 0 Å². The van der Waals surface area contributed by atoms with E-state index in [0.29, 0.717) is 0 Å². The average Bonchev–Trinajstić information content (AvgIpc) is 3.79. The molecule has 0 radical (unpaired) electrons. The fourth-order valence-corrected chi connectivity index (χ4v) is 11.9. The van der Waals surface area contributed by atoms with E-state index in [1.165, 1.54) is 0 Å². The molecule has 7 nitrogen and oxygen atoms in total. The van der Waals surface area contributed by atoms with Gasteiger partial charge < -0.3 is 20.5 Å². The standard InChI is InChI=1S/2C18H15OSi.C8H7N3.Mo.2O/c2*19-20(16-10-4-1-5-11-16,17-12-6-2-7-13-17)18-14-8-3-9-15-18;1-2-5-9-7(3-1)8-4-6-10-11-8;;;/h2*1-15H;1-6H,(H,10,11);;;/q2*-1;;;2*-2. The number of nitrogens with zero attached hydrogens (tertiary/aromatic N) is 2. The third kappa shape index (κ3) is 10.2. The van der Waals surface area contributed by atoms with Gasteiger partial charge in [0.1, 0.15) is 5.69 Å². The first kappa shape index (κ1) is 43.0. The van der Waals surface area contributed by atoms with Gasteiger partial charge in [-0.2, -0.15) is 5.10 Å². The van der Waals surface area contributed by atoms with Crippen molar-refractivity contribution in [3.05, 3.63) is 219 Å². The topological polar surface area (TPSA) is 145 Å². The Balaban J connectivity index is 0.000000220. The molecule has 0 spiro atoms. The van der Waals surface area contributed by atoms with E-state index >= 15 is 0 Å². The van der Waals surface area contributed by atoms with Crippen molar-refractivity contribution >= 4 is 47.8 Å². The van der Waals surface area contributed by atoms with E-state index in [2.05, 4.69) is 15.2 Å². The van der Waals surface area contributed by atoms with Crippen molar-refractivity contribution in [2.75, 3.05) is 0 Å². The van der Waals surface area contributed by atoms with Crippen molar-refractivity contribution in [1.29, 1.82) is 0 Å². The molecular formula is C44H37MoN3O4Si2-6. The predicted octanol–water partition coefficient (Wildman–Crippen LogP) is 3.26. The minimum absolute atomic E-state index is 0. The summed E-state index contributed by atoms with van der Waals surface area (Å²) in [7, 11) is -6.26. The number of nitrogens with one attached hydrogen (secondary N) is 1. The van der Waals surface area contributed by atoms with Crippen LogP contribution >= 0.6 is 0 Å². The van der Waals surface area contributed by atoms with Gasteiger partial charge in [0, 0.05) is 33.5 Å². The van der Waals surface area contributed by atoms with Gasteiger partial charge in [0.25, 0.3) is 0 Å². The van der Waals surface area contributed by atoms with Crippen LogP contribution in [0.25, 0.3) is 11.4 Å². The molecule has 0 aliphatic heterocycles. The van der Waals surface area contributed by atoms with Crippen molar-refractivity contribution in [3.8, 4) is 11.4 Å². The van der Waals surface area contributed by atoms with Crippen LogP contribution < -0.4 is 40.7 Å². The fourth-order valence-electron chi connectivity index (χ4n) is 5.95. The molecule has 0 fully saturated rings. The Morgan fingerprint density at radius 1 is 0.352 bits per heavy atom. The Kier molecular flexibility index (Phi) is 17.0. The van der Waals surface area contributed by atoms with Gasteiger partial charge in [0.2, 0.25) is 0 Å². The zero-order chi connectivity index (χ0) is 35.2. The monoisotopic (exact) mass is 825 g/mol. The summed E-state index contributed by atoms with van der Waals surface area (Å²) in [4.78, 5) is 31.8. The largest absolute Gasteiger partial charge is 2.00 e. The fraction of sp³-hybridized carbons (Fsp3) is 0. The zero-order valence-corrected chi connectivity index (χ0v) is 33.2. The molecule has 54 heavy (non-hydrogen) atoms. The van der Waals surface area contributed by atoms with Gasteiger partial charge >= 0.3 is 0 Å². The van der Waals surface area contributed by atoms with Crippen LogP contribution in [0.5, 0.6) is 0 Å². The molecule has 272 valence electrons. The average molecular weight is 824 g/mol. The third-order valence-electron chi connectivity index (χ3n) is 8.51. The maximum atomic E-state index is 13.8. The van der Waals surface area contributed by atoms with Gasteiger partial charge in [-0.15, -0.1) is 0 Å². The molecule has 0 saturated carbocycles. The Morgan fingerprint density at radius 2 is 0.630 bits per heavy atom. The molecule has 2 aromatic heterocycles. The molecule has 1 N–H and O–H groups in total. The van der Waals surface area contributed by atoms with E-state index in [-0.39, 0.29) is 32.0 Å². The van der Waals surface area contributed by atoms with Gasteiger partial charge in [-0.3, -0.25) is 10.1 Å². The molecule has 6 aromatic carbocycles. The molecule has 10 heteroatoms. The Labute approximate surface area is 332 Å². The van der Waals surface area contributed by atoms with Crippen LogP contribution in [0.15, 0.2) is 219 Å². The smallest absolute Gasteiger partial charge is 0.110 e. The minimum atomic E-state index is -3.13. The molecule has 8 rings (SSSR count). The van der Waals surface area contributed by atoms with Crippen LogP contribution in [0.1, 0.15) is 0 Å². The van der Waals surface area contributed by atoms with Gasteiger partial charge in [0.05, 0.1) is 22.3 Å². The van der Waals surface area contributed by atoms with Crippen LogP contribution in [-0.2, 0) is 32.0 Å². The molecule has 2 heterocycles. The molecule has 0 amide bonds. The van der Waals surface area contributed by atoms with Crippen LogP contribution in [0.2, 0.25) is 0 Å². The number of H-pyrrole nitrogens is 1. The zero-order valence-electron chi connectivity index (χ0n) is 29.2. The number of pyridine rings is 1. The summed E-state index contributed by atoms with van der Waals surface area (Å²) in [5.41, 5.74) is 1.78. The van der Waals surface area contributed by atoms with Crippen LogP contribution in [-0.4, -0.2) is 31.8 Å². The second-order valence-electron chi connectivity index (χ2n) is 11.7. The second-order valence-corrected chi connectivity index (χ2v) is 17.9. The van der Waals surface area contributed by atoms with Crippen molar-refractivity contribution < 1.29 is 41.6 Å². The number of rotatable bonds is 7. The normalized spacial score (nSPS) is 10.3. The number of aromatic amines is 1. The summed E-state index contributed by atoms with van der Waals surface area (Å²) < 4.78 is 0. The van der Waals surface area contributed by atoms with E-state index < -0.39 is 16.6 Å². The summed E-state index contributed by atoms with van der Waals surface area (Å²) >= 11 is 0. The summed E-state index contributed by atoms with van der Waals surface area (Å²) in [6.07, 6.45) is 3.54. The Hall–Kier alpha value is -5.36. The maximum Gasteiger partial charge on any atom is 0.110 e. The molecular weight excluding hydrogens is 787 g/mol. The van der Waals surface area contributed by atoms with Crippen LogP contribution in [0.4, 0.5) is 0 Å². The van der Waals surface area contributed by atoms with E-state index in [0.717, 1.165) is 42.5 Å². The molecule has 0 unspecified atom stereocenters. The van der Waals surface area contributed by atoms with Crippen LogP contribution in [0, 0.1) is 0 Å². The van der Waals surface area contributed by atoms with Gasteiger partial charge in [-0.1, -0.05) is 219 Å². The molecule has 0 aliphatic carbocycles. The van der Waals surface area contributed by atoms with Gasteiger partial charge in [0.15, 0.2) is 0 Å². The Morgan fingerprint density at radius 3 is 0.852 bits per heavy atom. The van der Waals surface area contributed by atoms with E-state index in [4.69, 9.17) is 0 Å². The van der Waals surface area contributed by atoms with Gasteiger partial charge in [-0.25, -0.2) is 0 Å². The summed E-state index contributed by atoms with van der Waals surface area (Å²) in [6.45, 7) is 0. The molecule has 0 atom stereocenters. The second kappa shape index (κ2) is 21.4. The summed E-state index contributed by atoms with van der Waals surface area (Å²) in [5, 5.41) is 12.1. The first-order chi connectivity index (χ1) is 25.1. The molecule has 0 saturated heterocycles. The number of aromatic nitrogens is 3. The van der Waals surface area contributed by atoms with E-state index in [1.807, 2.05) is 206 Å². The van der Waals surface area contributed by atoms with E-state index in [1.54, 1.807) is 12.4 Å². The van der Waals surface area contributed by atoms with Crippen molar-refractivity contribution in [3.63, 3.8) is 0 Å². The number of benzene rings is 6. The SMILES string of the molecule is [Mo].[O-2].[O-2].[O-][Si](c1ccccc1)(c1ccccc1)c1ccccc1.[O-][Si](c1ccccc1)(c1ccccc1)c1ccccc1.c1ccc(-c2cc[nH]n2)nc1. The third-order valence-corrected chi connectivity index (χ3v) is 15.4. The first-order valence-corrected chi connectivity index (χ1v) is 20.6. The minimum Gasteiger partial charge on any atom is -2.00 e. The predicted molar refractivity (Wildman–Crippen MR) is 211 cm³/mol. The number of hydrogen-bond acceptors (Lipinski definition) is 4. The molecule has 0 bridgehead atoms. The maximum absolute atomic E-state index is 13.8. The molecule has 8 aromatic rings. The first-order valence-electron chi connectivity index (χ1n) is 16.8. The summed E-state index contributed by atoms with van der Waals surface area (Å²) in [6, 6.07) is 66.2. The molecule has 0 aliphatic rings. The number of hydrogen-bond donors (Lipinski definition) is 1. The Bertz CT molecular complexity index is 1840. The van der Waals surface area contributed by atoms with Crippen molar-refractivity contribution in [2.45, 2.75) is 0 Å². The van der Waals surface area contributed by atoms with Gasteiger partial charge in [-0.05, 0) is 18.2 Å². The van der Waals surface area contributed by atoms with E-state index in [9.17, 15) is 9.59 Å². The van der Waals surface area contributed by atoms with Crippen molar-refractivity contribution in [1.82, 2.24) is 15.2 Å². The quantitative estimate of drug-likeness (QED) is 0.195. The summed E-state index contributed by atoms with van der Waals surface area (Å²) in [5.74, 6) is 0. The van der Waals surface area contributed by atoms with Crippen LogP contribution in [0.3, 0.4) is 0 Å².